The lowest BCUT2D eigenvalue weighted by Crippen LogP contribution is -2.10. The molecular formula is C11H20. The number of hydrogen-bond acceptors (Lipinski definition) is 0. The summed E-state index contributed by atoms with van der Waals surface area (Å²) in [5.41, 5.74) is 0.862. The van der Waals surface area contributed by atoms with Crippen molar-refractivity contribution in [3.8, 4) is 0 Å². The zero-order valence-electron chi connectivity index (χ0n) is 7.73. The van der Waals surface area contributed by atoms with E-state index in [-0.39, 0.29) is 0 Å². The molecule has 2 rings (SSSR count). The quantitative estimate of drug-likeness (QED) is 0.536. The van der Waals surface area contributed by atoms with E-state index in [2.05, 4.69) is 6.92 Å². The van der Waals surface area contributed by atoms with Crippen LogP contribution in [0, 0.1) is 11.3 Å². The van der Waals surface area contributed by atoms with Crippen molar-refractivity contribution in [1.82, 2.24) is 0 Å². The molecular weight excluding hydrogens is 132 g/mol. The van der Waals surface area contributed by atoms with Crippen LogP contribution in [-0.4, -0.2) is 0 Å². The van der Waals surface area contributed by atoms with Gasteiger partial charge in [0.05, 0.1) is 0 Å². The third-order valence-corrected chi connectivity index (χ3v) is 4.05. The Morgan fingerprint density at radius 1 is 1.18 bits per heavy atom. The molecule has 0 N–H and O–H groups in total. The third kappa shape index (κ3) is 1.32. The molecule has 0 aromatic rings. The molecule has 0 heterocycles. The molecule has 0 heteroatoms. The lowest BCUT2D eigenvalue weighted by Gasteiger charge is -2.22. The average Bonchev–Trinajstić information content (AvgIpc) is 2.62. The van der Waals surface area contributed by atoms with Crippen LogP contribution in [0.15, 0.2) is 0 Å². The molecule has 2 aliphatic rings. The molecule has 64 valence electrons. The zero-order valence-corrected chi connectivity index (χ0v) is 7.73. The fourth-order valence-electron chi connectivity index (χ4n) is 3.25. The lowest BCUT2D eigenvalue weighted by atomic mass is 9.83. The molecule has 1 spiro atoms. The Labute approximate surface area is 70.4 Å². The van der Waals surface area contributed by atoms with Gasteiger partial charge in [-0.25, -0.2) is 0 Å². The number of hydrogen-bond donors (Lipinski definition) is 0. The van der Waals surface area contributed by atoms with Gasteiger partial charge in [-0.1, -0.05) is 26.2 Å². The minimum atomic E-state index is 0.862. The van der Waals surface area contributed by atoms with Crippen molar-refractivity contribution in [2.45, 2.75) is 58.3 Å². The van der Waals surface area contributed by atoms with Crippen molar-refractivity contribution < 1.29 is 0 Å². The van der Waals surface area contributed by atoms with Gasteiger partial charge < -0.3 is 0 Å². The molecule has 0 radical (unpaired) electrons. The second-order valence-corrected chi connectivity index (χ2v) is 4.72. The van der Waals surface area contributed by atoms with Gasteiger partial charge in [0.2, 0.25) is 0 Å². The van der Waals surface area contributed by atoms with E-state index in [1.807, 2.05) is 0 Å². The standard InChI is InChI=1S/C11H20/c1-2-10-5-8-11(9-10)6-3-4-7-11/h10H,2-9H2,1H3/t10-/m1/s1. The van der Waals surface area contributed by atoms with E-state index in [9.17, 15) is 0 Å². The molecule has 0 saturated heterocycles. The number of rotatable bonds is 1. The zero-order chi connectivity index (χ0) is 7.73. The van der Waals surface area contributed by atoms with Crippen LogP contribution < -0.4 is 0 Å². The first-order valence-electron chi connectivity index (χ1n) is 5.35. The predicted octanol–water partition coefficient (Wildman–Crippen LogP) is 3.76. The summed E-state index contributed by atoms with van der Waals surface area (Å²) >= 11 is 0. The van der Waals surface area contributed by atoms with Crippen LogP contribution in [-0.2, 0) is 0 Å². The maximum atomic E-state index is 2.36. The second kappa shape index (κ2) is 2.80. The van der Waals surface area contributed by atoms with Gasteiger partial charge in [-0.3, -0.25) is 0 Å². The van der Waals surface area contributed by atoms with E-state index in [4.69, 9.17) is 0 Å². The molecule has 0 unspecified atom stereocenters. The average molecular weight is 152 g/mol. The fourth-order valence-corrected chi connectivity index (χ4v) is 3.25. The van der Waals surface area contributed by atoms with Crippen molar-refractivity contribution in [1.29, 1.82) is 0 Å². The first-order valence-corrected chi connectivity index (χ1v) is 5.35. The lowest BCUT2D eigenvalue weighted by molar-refractivity contribution is 0.293. The van der Waals surface area contributed by atoms with Gasteiger partial charge in [0.1, 0.15) is 0 Å². The summed E-state index contributed by atoms with van der Waals surface area (Å²) in [5.74, 6) is 1.09. The van der Waals surface area contributed by atoms with E-state index < -0.39 is 0 Å². The highest BCUT2D eigenvalue weighted by Crippen LogP contribution is 2.53. The SMILES string of the molecule is CC[C@@H]1CCC2(CCCC2)C1. The van der Waals surface area contributed by atoms with Crippen LogP contribution in [0.4, 0.5) is 0 Å². The maximum Gasteiger partial charge on any atom is -0.0295 e. The van der Waals surface area contributed by atoms with Crippen molar-refractivity contribution in [3.05, 3.63) is 0 Å². The third-order valence-electron chi connectivity index (χ3n) is 4.05. The van der Waals surface area contributed by atoms with Crippen LogP contribution in [0.3, 0.4) is 0 Å². The summed E-state index contributed by atoms with van der Waals surface area (Å²) in [5, 5.41) is 0. The molecule has 2 saturated carbocycles. The van der Waals surface area contributed by atoms with Crippen molar-refractivity contribution in [2.24, 2.45) is 11.3 Å². The van der Waals surface area contributed by atoms with Gasteiger partial charge in [-0.05, 0) is 43.4 Å². The van der Waals surface area contributed by atoms with Crippen molar-refractivity contribution in [3.63, 3.8) is 0 Å². The van der Waals surface area contributed by atoms with Crippen LogP contribution in [0.25, 0.3) is 0 Å². The van der Waals surface area contributed by atoms with Gasteiger partial charge in [-0.15, -0.1) is 0 Å². The summed E-state index contributed by atoms with van der Waals surface area (Å²) in [7, 11) is 0. The second-order valence-electron chi connectivity index (χ2n) is 4.72. The van der Waals surface area contributed by atoms with Gasteiger partial charge in [-0.2, -0.15) is 0 Å². The summed E-state index contributed by atoms with van der Waals surface area (Å²) in [6.07, 6.45) is 12.3. The largest absolute Gasteiger partial charge is 0.0651 e. The van der Waals surface area contributed by atoms with E-state index in [0.717, 1.165) is 11.3 Å². The molecule has 0 aromatic carbocycles. The smallest absolute Gasteiger partial charge is 0.0295 e. The highest BCUT2D eigenvalue weighted by Gasteiger charge is 2.39. The highest BCUT2D eigenvalue weighted by molar-refractivity contribution is 4.91. The van der Waals surface area contributed by atoms with Crippen molar-refractivity contribution in [2.75, 3.05) is 0 Å². The molecule has 0 bridgehead atoms. The predicted molar refractivity (Wildman–Crippen MR) is 48.5 cm³/mol. The van der Waals surface area contributed by atoms with Gasteiger partial charge in [0, 0.05) is 0 Å². The van der Waals surface area contributed by atoms with Gasteiger partial charge in [0.15, 0.2) is 0 Å². The normalized spacial score (nSPS) is 35.2. The molecule has 0 amide bonds. The monoisotopic (exact) mass is 152 g/mol. The van der Waals surface area contributed by atoms with E-state index in [0.29, 0.717) is 0 Å². The van der Waals surface area contributed by atoms with Crippen LogP contribution in [0.1, 0.15) is 58.3 Å². The molecule has 0 aliphatic heterocycles. The highest BCUT2D eigenvalue weighted by atomic mass is 14.4. The molecule has 1 atom stereocenters. The Hall–Kier alpha value is 0. The van der Waals surface area contributed by atoms with Crippen LogP contribution in [0.5, 0.6) is 0 Å². The first kappa shape index (κ1) is 7.64. The van der Waals surface area contributed by atoms with Gasteiger partial charge in [0.25, 0.3) is 0 Å². The molecule has 2 fully saturated rings. The Kier molecular flexibility index (Phi) is 1.95. The van der Waals surface area contributed by atoms with Crippen LogP contribution in [0.2, 0.25) is 0 Å². The summed E-state index contributed by atoms with van der Waals surface area (Å²) in [6.45, 7) is 2.36. The van der Waals surface area contributed by atoms with E-state index >= 15 is 0 Å². The summed E-state index contributed by atoms with van der Waals surface area (Å²) in [6, 6.07) is 0. The Morgan fingerprint density at radius 3 is 2.45 bits per heavy atom. The summed E-state index contributed by atoms with van der Waals surface area (Å²) < 4.78 is 0. The Balaban J connectivity index is 1.96. The Bertz CT molecular complexity index is 131. The first-order chi connectivity index (χ1) is 5.35. The summed E-state index contributed by atoms with van der Waals surface area (Å²) in [4.78, 5) is 0. The molecule has 0 nitrogen and oxygen atoms in total. The van der Waals surface area contributed by atoms with Crippen LogP contribution >= 0.6 is 0 Å². The van der Waals surface area contributed by atoms with Crippen molar-refractivity contribution >= 4 is 0 Å². The minimum Gasteiger partial charge on any atom is -0.0651 e. The van der Waals surface area contributed by atoms with E-state index in [1.54, 1.807) is 25.7 Å². The maximum absolute atomic E-state index is 2.36. The van der Waals surface area contributed by atoms with Gasteiger partial charge >= 0.3 is 0 Å². The topological polar surface area (TPSA) is 0 Å². The molecule has 0 aromatic heterocycles. The molecule has 11 heavy (non-hydrogen) atoms. The fraction of sp³-hybridized carbons (Fsp3) is 1.00. The molecule has 2 aliphatic carbocycles. The Morgan fingerprint density at radius 2 is 1.91 bits per heavy atom. The minimum absolute atomic E-state index is 0.862. The van der Waals surface area contributed by atoms with E-state index in [1.165, 1.54) is 25.7 Å².